The summed E-state index contributed by atoms with van der Waals surface area (Å²) in [5, 5.41) is 3.33. The van der Waals surface area contributed by atoms with Crippen LogP contribution in [0.5, 0.6) is 0 Å². The summed E-state index contributed by atoms with van der Waals surface area (Å²) in [4.78, 5) is 39.7. The summed E-state index contributed by atoms with van der Waals surface area (Å²) in [7, 11) is 0. The minimum absolute atomic E-state index is 0.202. The van der Waals surface area contributed by atoms with Crippen LogP contribution in [0, 0.1) is 13.8 Å². The number of nitrogens with zero attached hydrogens (tertiary/aromatic N) is 1. The van der Waals surface area contributed by atoms with E-state index in [1.54, 1.807) is 30.3 Å². The molecule has 1 saturated heterocycles. The molecule has 0 atom stereocenters. The lowest BCUT2D eigenvalue weighted by atomic mass is 10.2. The smallest absolute Gasteiger partial charge is 0.294 e. The first-order chi connectivity index (χ1) is 15.8. The van der Waals surface area contributed by atoms with E-state index in [1.165, 1.54) is 23.4 Å². The molecule has 1 N–H and O–H groups in total. The second-order valence-electron chi connectivity index (χ2n) is 7.35. The second-order valence-corrected chi connectivity index (χ2v) is 9.85. The number of hydrogen-bond acceptors (Lipinski definition) is 6. The number of furan rings is 1. The number of imide groups is 1. The number of benzene rings is 2. The molecule has 0 aliphatic carbocycles. The van der Waals surface area contributed by atoms with Crippen molar-refractivity contribution in [2.45, 2.75) is 23.8 Å². The predicted octanol–water partition coefficient (Wildman–Crippen LogP) is 6.38. The maximum atomic E-state index is 12.7. The number of thioether (sulfide) groups is 1. The number of halogens is 1. The summed E-state index contributed by atoms with van der Waals surface area (Å²) >= 11 is 8.21. The molecule has 9 heteroatoms. The number of carbonyl (C=O) groups excluding carboxylic acids is 3. The predicted molar refractivity (Wildman–Crippen MR) is 132 cm³/mol. The van der Waals surface area contributed by atoms with E-state index in [0.29, 0.717) is 21.6 Å². The highest BCUT2D eigenvalue weighted by Gasteiger charge is 2.36. The number of nitrogens with one attached hydrogen (secondary N) is 1. The molecule has 0 unspecified atom stereocenters. The third kappa shape index (κ3) is 5.71. The summed E-state index contributed by atoms with van der Waals surface area (Å²) in [6.07, 6.45) is 1.52. The van der Waals surface area contributed by atoms with E-state index in [0.717, 1.165) is 27.1 Å². The standard InChI is InChI=1S/C24H19ClN2O4S2/c1-14-3-8-18(9-4-14)32-22-10-7-17(31-22)12-20-23(29)27(24(30)33-20)13-21(28)26-19-11-16(25)6-5-15(19)2/h3-12H,13H2,1-2H3,(H,26,28)/b20-12-. The fourth-order valence-corrected chi connectivity index (χ4v) is 4.79. The molecular weight excluding hydrogens is 480 g/mol. The van der Waals surface area contributed by atoms with Gasteiger partial charge in [-0.2, -0.15) is 0 Å². The van der Waals surface area contributed by atoms with Gasteiger partial charge in [-0.25, -0.2) is 0 Å². The van der Waals surface area contributed by atoms with E-state index in [4.69, 9.17) is 16.0 Å². The van der Waals surface area contributed by atoms with Gasteiger partial charge in [0, 0.05) is 21.7 Å². The van der Waals surface area contributed by atoms with E-state index < -0.39 is 17.1 Å². The third-order valence-corrected chi connectivity index (χ3v) is 6.83. The molecule has 1 aliphatic rings. The summed E-state index contributed by atoms with van der Waals surface area (Å²) in [5.74, 6) is -0.570. The Labute approximate surface area is 204 Å². The van der Waals surface area contributed by atoms with Crippen molar-refractivity contribution in [3.8, 4) is 0 Å². The van der Waals surface area contributed by atoms with Crippen LogP contribution in [0.2, 0.25) is 5.02 Å². The first-order valence-electron chi connectivity index (χ1n) is 9.94. The molecule has 168 valence electrons. The van der Waals surface area contributed by atoms with Gasteiger partial charge in [0.25, 0.3) is 11.1 Å². The normalized spacial score (nSPS) is 14.9. The van der Waals surface area contributed by atoms with Crippen LogP contribution in [0.1, 0.15) is 16.9 Å². The first-order valence-corrected chi connectivity index (χ1v) is 12.0. The number of anilines is 1. The van der Waals surface area contributed by atoms with Crippen LogP contribution in [-0.2, 0) is 9.59 Å². The van der Waals surface area contributed by atoms with Crippen LogP contribution in [0.3, 0.4) is 0 Å². The maximum Gasteiger partial charge on any atom is 0.294 e. The van der Waals surface area contributed by atoms with Gasteiger partial charge in [-0.05, 0) is 67.6 Å². The van der Waals surface area contributed by atoms with Gasteiger partial charge >= 0.3 is 0 Å². The zero-order chi connectivity index (χ0) is 23.5. The Morgan fingerprint density at radius 1 is 1.12 bits per heavy atom. The molecule has 0 radical (unpaired) electrons. The molecule has 3 amide bonds. The van der Waals surface area contributed by atoms with Crippen LogP contribution in [-0.4, -0.2) is 28.5 Å². The van der Waals surface area contributed by atoms with Crippen molar-refractivity contribution < 1.29 is 18.8 Å². The quantitative estimate of drug-likeness (QED) is 0.397. The number of aryl methyl sites for hydroxylation is 2. The monoisotopic (exact) mass is 498 g/mol. The van der Waals surface area contributed by atoms with Crippen molar-refractivity contribution in [1.29, 1.82) is 0 Å². The highest BCUT2D eigenvalue weighted by molar-refractivity contribution is 8.18. The molecule has 3 aromatic rings. The lowest BCUT2D eigenvalue weighted by Gasteiger charge is -2.13. The topological polar surface area (TPSA) is 79.6 Å². The van der Waals surface area contributed by atoms with Gasteiger partial charge in [0.15, 0.2) is 5.09 Å². The van der Waals surface area contributed by atoms with E-state index in [9.17, 15) is 14.4 Å². The molecule has 0 spiro atoms. The molecule has 33 heavy (non-hydrogen) atoms. The lowest BCUT2D eigenvalue weighted by molar-refractivity contribution is -0.127. The van der Waals surface area contributed by atoms with Crippen LogP contribution >= 0.6 is 35.1 Å². The van der Waals surface area contributed by atoms with E-state index in [2.05, 4.69) is 5.32 Å². The molecule has 1 aromatic heterocycles. The summed E-state index contributed by atoms with van der Waals surface area (Å²) in [5.41, 5.74) is 2.52. The largest absolute Gasteiger partial charge is 0.450 e. The molecule has 0 saturated carbocycles. The van der Waals surface area contributed by atoms with Crippen molar-refractivity contribution in [1.82, 2.24) is 4.90 Å². The number of carbonyl (C=O) groups is 3. The van der Waals surface area contributed by atoms with Crippen molar-refractivity contribution >= 4 is 63.9 Å². The van der Waals surface area contributed by atoms with Crippen LogP contribution in [0.25, 0.3) is 6.08 Å². The molecule has 0 bridgehead atoms. The van der Waals surface area contributed by atoms with E-state index in [-0.39, 0.29) is 11.4 Å². The highest BCUT2D eigenvalue weighted by Crippen LogP contribution is 2.34. The molecular formula is C24H19ClN2O4S2. The van der Waals surface area contributed by atoms with Gasteiger partial charge in [0.05, 0.1) is 4.91 Å². The van der Waals surface area contributed by atoms with Crippen LogP contribution < -0.4 is 5.32 Å². The number of hydrogen-bond donors (Lipinski definition) is 1. The van der Waals surface area contributed by atoms with Crippen molar-refractivity contribution in [2.24, 2.45) is 0 Å². The molecule has 2 heterocycles. The van der Waals surface area contributed by atoms with Gasteiger partial charge in [0.1, 0.15) is 12.3 Å². The number of amides is 3. The summed E-state index contributed by atoms with van der Waals surface area (Å²) < 4.78 is 5.78. The Morgan fingerprint density at radius 3 is 2.64 bits per heavy atom. The average molecular weight is 499 g/mol. The maximum absolute atomic E-state index is 12.7. The van der Waals surface area contributed by atoms with E-state index in [1.807, 2.05) is 38.1 Å². The van der Waals surface area contributed by atoms with Crippen LogP contribution in [0.15, 0.2) is 73.9 Å². The Morgan fingerprint density at radius 2 is 1.88 bits per heavy atom. The second kappa shape index (κ2) is 9.91. The van der Waals surface area contributed by atoms with Gasteiger partial charge < -0.3 is 9.73 Å². The van der Waals surface area contributed by atoms with Crippen LogP contribution in [0.4, 0.5) is 10.5 Å². The zero-order valence-electron chi connectivity index (χ0n) is 17.8. The minimum atomic E-state index is -0.535. The molecule has 1 fully saturated rings. The van der Waals surface area contributed by atoms with Gasteiger partial charge in [-0.3, -0.25) is 19.3 Å². The molecule has 2 aromatic carbocycles. The lowest BCUT2D eigenvalue weighted by Crippen LogP contribution is -2.36. The number of rotatable bonds is 6. The Bertz CT molecular complexity index is 1270. The third-order valence-electron chi connectivity index (χ3n) is 4.76. The fraction of sp³-hybridized carbons (Fsp3) is 0.125. The Kier molecular flexibility index (Phi) is 6.97. The van der Waals surface area contributed by atoms with Crippen molar-refractivity contribution in [2.75, 3.05) is 11.9 Å². The Hall–Kier alpha value is -2.94. The fourth-order valence-electron chi connectivity index (χ4n) is 3.02. The molecule has 4 rings (SSSR count). The first kappa shape index (κ1) is 23.2. The summed E-state index contributed by atoms with van der Waals surface area (Å²) in [6.45, 7) is 3.46. The van der Waals surface area contributed by atoms with Gasteiger partial charge in [-0.1, -0.05) is 47.1 Å². The highest BCUT2D eigenvalue weighted by atomic mass is 35.5. The van der Waals surface area contributed by atoms with E-state index >= 15 is 0 Å². The summed E-state index contributed by atoms with van der Waals surface area (Å²) in [6, 6.07) is 16.7. The van der Waals surface area contributed by atoms with Crippen molar-refractivity contribution in [3.63, 3.8) is 0 Å². The van der Waals surface area contributed by atoms with Crippen molar-refractivity contribution in [3.05, 3.63) is 81.4 Å². The minimum Gasteiger partial charge on any atom is -0.450 e. The van der Waals surface area contributed by atoms with Gasteiger partial charge in [0.2, 0.25) is 5.91 Å². The molecule has 6 nitrogen and oxygen atoms in total. The Balaban J connectivity index is 1.41. The van der Waals surface area contributed by atoms with Gasteiger partial charge in [-0.15, -0.1) is 0 Å². The SMILES string of the molecule is Cc1ccc(Sc2ccc(/C=C3\SC(=O)N(CC(=O)Nc4cc(Cl)ccc4C)C3=O)o2)cc1. The molecule has 1 aliphatic heterocycles. The zero-order valence-corrected chi connectivity index (χ0v) is 20.1. The average Bonchev–Trinajstić information content (AvgIpc) is 3.31.